The van der Waals surface area contributed by atoms with Gasteiger partial charge in [0, 0.05) is 61.7 Å². The van der Waals surface area contributed by atoms with Crippen LogP contribution >= 0.6 is 0 Å². The molecule has 3 aromatic rings. The first kappa shape index (κ1) is 25.9. The number of nitrogens with zero attached hydrogens (tertiary/aromatic N) is 3. The van der Waals surface area contributed by atoms with Crippen molar-refractivity contribution in [3.63, 3.8) is 0 Å². The molecule has 2 fully saturated rings. The maximum Gasteiger partial charge on any atom is 0.251 e. The molecule has 0 unspecified atom stereocenters. The highest BCUT2D eigenvalue weighted by molar-refractivity contribution is 5.97. The van der Waals surface area contributed by atoms with Gasteiger partial charge in [-0.05, 0) is 61.7 Å². The van der Waals surface area contributed by atoms with Gasteiger partial charge in [0.25, 0.3) is 5.91 Å². The lowest BCUT2D eigenvalue weighted by molar-refractivity contribution is -0.134. The Hall–Kier alpha value is -3.69. The lowest BCUT2D eigenvalue weighted by Crippen LogP contribution is -2.54. The fourth-order valence-corrected chi connectivity index (χ4v) is 4.92. The molecular formula is C29H33FN6O2. The summed E-state index contributed by atoms with van der Waals surface area (Å²) >= 11 is 0. The molecule has 38 heavy (non-hydrogen) atoms. The van der Waals surface area contributed by atoms with E-state index in [4.69, 9.17) is 0 Å². The predicted molar refractivity (Wildman–Crippen MR) is 143 cm³/mol. The second kappa shape index (κ2) is 12.2. The van der Waals surface area contributed by atoms with Crippen molar-refractivity contribution in [2.24, 2.45) is 0 Å². The van der Waals surface area contributed by atoms with Crippen molar-refractivity contribution < 1.29 is 14.0 Å². The smallest absolute Gasteiger partial charge is 0.251 e. The van der Waals surface area contributed by atoms with Gasteiger partial charge in [0.15, 0.2) is 5.82 Å². The quantitative estimate of drug-likeness (QED) is 0.359. The molecule has 0 spiro atoms. The maximum absolute atomic E-state index is 13.3. The molecule has 198 valence electrons. The van der Waals surface area contributed by atoms with Crippen LogP contribution in [0.1, 0.15) is 41.1 Å². The molecule has 0 radical (unpaired) electrons. The maximum atomic E-state index is 13.3. The standard InChI is InChI=1S/C29H33FN6O2/c30-23-10-8-20(9-11-23)24-19-26(24)32-12-1-3-25(29(38)36-17-15-31-16-18-36)35-28(37)22-6-4-21(5-7-22)27-33-13-2-14-34-27/h2,4-11,13-14,24-26,31-32H,1,3,12,15-19H2,(H,35,37)/t24-,25-,26+/m0/s1. The summed E-state index contributed by atoms with van der Waals surface area (Å²) in [5.41, 5.74) is 2.45. The van der Waals surface area contributed by atoms with Crippen molar-refractivity contribution in [3.8, 4) is 11.4 Å². The Bertz CT molecular complexity index is 1220. The average Bonchev–Trinajstić information content (AvgIpc) is 3.75. The van der Waals surface area contributed by atoms with E-state index in [9.17, 15) is 14.0 Å². The van der Waals surface area contributed by atoms with E-state index in [0.29, 0.717) is 42.9 Å². The normalized spacial score (nSPS) is 19.6. The van der Waals surface area contributed by atoms with Crippen LogP contribution in [0.4, 0.5) is 4.39 Å². The molecule has 1 aromatic heterocycles. The zero-order valence-corrected chi connectivity index (χ0v) is 21.3. The highest BCUT2D eigenvalue weighted by Crippen LogP contribution is 2.40. The molecule has 1 aliphatic carbocycles. The van der Waals surface area contributed by atoms with Gasteiger partial charge in [-0.3, -0.25) is 9.59 Å². The van der Waals surface area contributed by atoms with Crippen molar-refractivity contribution in [2.75, 3.05) is 32.7 Å². The molecule has 2 amide bonds. The molecule has 2 heterocycles. The van der Waals surface area contributed by atoms with Gasteiger partial charge in [0.2, 0.25) is 5.91 Å². The van der Waals surface area contributed by atoms with Crippen LogP contribution in [-0.2, 0) is 4.79 Å². The van der Waals surface area contributed by atoms with E-state index >= 15 is 0 Å². The van der Waals surface area contributed by atoms with Gasteiger partial charge in [-0.2, -0.15) is 0 Å². The summed E-state index contributed by atoms with van der Waals surface area (Å²) in [6, 6.07) is 15.3. The molecule has 1 saturated heterocycles. The van der Waals surface area contributed by atoms with Crippen molar-refractivity contribution in [2.45, 2.75) is 37.3 Å². The highest BCUT2D eigenvalue weighted by atomic mass is 19.1. The minimum atomic E-state index is -0.591. The molecule has 3 N–H and O–H groups in total. The van der Waals surface area contributed by atoms with E-state index in [1.54, 1.807) is 30.6 Å². The molecule has 1 aliphatic heterocycles. The third-order valence-corrected chi connectivity index (χ3v) is 7.17. The predicted octanol–water partition coefficient (Wildman–Crippen LogP) is 2.74. The molecule has 5 rings (SSSR count). The number of piperazine rings is 1. The van der Waals surface area contributed by atoms with E-state index in [0.717, 1.165) is 43.6 Å². The molecule has 2 aliphatic rings. The van der Waals surface area contributed by atoms with Gasteiger partial charge in [-0.1, -0.05) is 24.3 Å². The van der Waals surface area contributed by atoms with Gasteiger partial charge < -0.3 is 20.9 Å². The summed E-state index contributed by atoms with van der Waals surface area (Å²) in [7, 11) is 0. The van der Waals surface area contributed by atoms with Crippen LogP contribution in [0.15, 0.2) is 67.0 Å². The van der Waals surface area contributed by atoms with Crippen molar-refractivity contribution >= 4 is 11.8 Å². The zero-order valence-electron chi connectivity index (χ0n) is 21.3. The molecule has 0 bridgehead atoms. The second-order valence-corrected chi connectivity index (χ2v) is 9.85. The first-order valence-electron chi connectivity index (χ1n) is 13.2. The van der Waals surface area contributed by atoms with Crippen LogP contribution in [-0.4, -0.2) is 71.5 Å². The first-order chi connectivity index (χ1) is 18.6. The fourth-order valence-electron chi connectivity index (χ4n) is 4.92. The average molecular weight is 517 g/mol. The first-order valence-corrected chi connectivity index (χ1v) is 13.2. The Morgan fingerprint density at radius 3 is 2.45 bits per heavy atom. The number of benzene rings is 2. The summed E-state index contributed by atoms with van der Waals surface area (Å²) in [6.07, 6.45) is 5.67. The molecule has 1 saturated carbocycles. The Labute approximate surface area is 222 Å². The molecule has 8 nitrogen and oxygen atoms in total. The summed E-state index contributed by atoms with van der Waals surface area (Å²) < 4.78 is 13.2. The minimum Gasteiger partial charge on any atom is -0.340 e. The number of amides is 2. The Balaban J connectivity index is 1.16. The van der Waals surface area contributed by atoms with Crippen LogP contribution in [0.3, 0.4) is 0 Å². The second-order valence-electron chi connectivity index (χ2n) is 9.85. The van der Waals surface area contributed by atoms with E-state index < -0.39 is 6.04 Å². The fraction of sp³-hybridized carbons (Fsp3) is 0.379. The summed E-state index contributed by atoms with van der Waals surface area (Å²) in [5, 5.41) is 9.80. The molecule has 2 aromatic carbocycles. The van der Waals surface area contributed by atoms with Crippen LogP contribution in [0.2, 0.25) is 0 Å². The summed E-state index contributed by atoms with van der Waals surface area (Å²) in [4.78, 5) is 36.7. The van der Waals surface area contributed by atoms with E-state index in [1.165, 1.54) is 12.1 Å². The minimum absolute atomic E-state index is 0.0373. The van der Waals surface area contributed by atoms with E-state index in [2.05, 4.69) is 25.9 Å². The van der Waals surface area contributed by atoms with Crippen LogP contribution in [0.5, 0.6) is 0 Å². The third-order valence-electron chi connectivity index (χ3n) is 7.17. The Morgan fingerprint density at radius 1 is 1.03 bits per heavy atom. The van der Waals surface area contributed by atoms with E-state index in [-0.39, 0.29) is 17.6 Å². The SMILES string of the molecule is O=C(N[C@@H](CCCN[C@@H]1C[C@H]1c1ccc(F)cc1)C(=O)N1CCNCC1)c1ccc(-c2ncccn2)cc1. The van der Waals surface area contributed by atoms with E-state index in [1.807, 2.05) is 29.2 Å². The lowest BCUT2D eigenvalue weighted by atomic mass is 10.1. The zero-order chi connectivity index (χ0) is 26.3. The number of carbonyl (C=O) groups excluding carboxylic acids is 2. The number of carbonyl (C=O) groups is 2. The van der Waals surface area contributed by atoms with Gasteiger partial charge in [0.1, 0.15) is 11.9 Å². The lowest BCUT2D eigenvalue weighted by Gasteiger charge is -2.31. The van der Waals surface area contributed by atoms with Crippen LogP contribution < -0.4 is 16.0 Å². The van der Waals surface area contributed by atoms with Crippen molar-refractivity contribution in [1.82, 2.24) is 30.8 Å². The third kappa shape index (κ3) is 6.59. The van der Waals surface area contributed by atoms with Gasteiger partial charge in [0.05, 0.1) is 0 Å². The van der Waals surface area contributed by atoms with Gasteiger partial charge in [-0.25, -0.2) is 14.4 Å². The Morgan fingerprint density at radius 2 is 1.74 bits per heavy atom. The van der Waals surface area contributed by atoms with Crippen molar-refractivity contribution in [3.05, 3.63) is 83.9 Å². The number of halogens is 1. The molecule has 9 heteroatoms. The van der Waals surface area contributed by atoms with Gasteiger partial charge >= 0.3 is 0 Å². The van der Waals surface area contributed by atoms with Crippen molar-refractivity contribution in [1.29, 1.82) is 0 Å². The number of rotatable bonds is 10. The summed E-state index contributed by atoms with van der Waals surface area (Å²) in [5.74, 6) is 0.464. The largest absolute Gasteiger partial charge is 0.340 e. The topological polar surface area (TPSA) is 99.2 Å². The Kier molecular flexibility index (Phi) is 8.35. The van der Waals surface area contributed by atoms with Crippen LogP contribution in [0, 0.1) is 5.82 Å². The number of hydrogen-bond donors (Lipinski definition) is 3. The number of nitrogens with one attached hydrogen (secondary N) is 3. The van der Waals surface area contributed by atoms with Crippen LogP contribution in [0.25, 0.3) is 11.4 Å². The number of aromatic nitrogens is 2. The monoisotopic (exact) mass is 516 g/mol. The highest BCUT2D eigenvalue weighted by Gasteiger charge is 2.37. The van der Waals surface area contributed by atoms with Gasteiger partial charge in [-0.15, -0.1) is 0 Å². The summed E-state index contributed by atoms with van der Waals surface area (Å²) in [6.45, 7) is 3.52. The number of hydrogen-bond acceptors (Lipinski definition) is 6. The molecular weight excluding hydrogens is 483 g/mol. The molecule has 3 atom stereocenters.